The summed E-state index contributed by atoms with van der Waals surface area (Å²) in [7, 11) is 0. The molecule has 0 amide bonds. The van der Waals surface area contributed by atoms with E-state index >= 15 is 0 Å². The van der Waals surface area contributed by atoms with E-state index in [-0.39, 0.29) is 0 Å². The van der Waals surface area contributed by atoms with Crippen LogP contribution in [0.1, 0.15) is 0 Å². The molecule has 194 valence electrons. The molecule has 0 aliphatic heterocycles. The number of fused-ring (bicyclic) bond motifs is 10. The molecule has 42 heavy (non-hydrogen) atoms. The zero-order chi connectivity index (χ0) is 27.4. The molecule has 0 unspecified atom stereocenters. The fraction of sp³-hybridized carbons (Fsp3) is 0. The third-order valence-corrected chi connectivity index (χ3v) is 9.12. The molecule has 9 aromatic rings. The van der Waals surface area contributed by atoms with E-state index in [2.05, 4.69) is 138 Å². The molecule has 10 rings (SSSR count). The normalized spacial score (nSPS) is 12.3. The summed E-state index contributed by atoms with van der Waals surface area (Å²) in [5, 5.41) is 7.45. The van der Waals surface area contributed by atoms with Gasteiger partial charge in [-0.25, -0.2) is 0 Å². The molecule has 0 spiro atoms. The van der Waals surface area contributed by atoms with Crippen molar-refractivity contribution in [2.45, 2.75) is 0 Å². The largest absolute Gasteiger partial charge is 0.456 e. The predicted octanol–water partition coefficient (Wildman–Crippen LogP) is 11.2. The Morgan fingerprint density at radius 3 is 2.10 bits per heavy atom. The zero-order valence-corrected chi connectivity index (χ0v) is 22.6. The van der Waals surface area contributed by atoms with Crippen molar-refractivity contribution in [3.63, 3.8) is 0 Å². The van der Waals surface area contributed by atoms with Gasteiger partial charge in [0.05, 0.1) is 16.4 Å². The second kappa shape index (κ2) is 7.99. The van der Waals surface area contributed by atoms with E-state index in [1.807, 2.05) is 6.07 Å². The van der Waals surface area contributed by atoms with Gasteiger partial charge in [-0.3, -0.25) is 0 Å². The number of aromatic nitrogens is 1. The fourth-order valence-corrected chi connectivity index (χ4v) is 7.33. The van der Waals surface area contributed by atoms with Crippen LogP contribution < -0.4 is 0 Å². The molecule has 7 aromatic carbocycles. The number of furan rings is 1. The van der Waals surface area contributed by atoms with Crippen LogP contribution in [-0.2, 0) is 0 Å². The second-order valence-electron chi connectivity index (χ2n) is 11.3. The van der Waals surface area contributed by atoms with E-state index in [9.17, 15) is 0 Å². The maximum Gasteiger partial charge on any atom is 0.137 e. The SMILES string of the molecule is c1cc(-c2ccc3c(c2)-c2cccc4cccc-3c24)cc(-n2c3ccccc3c3ccc4oc5ccccc5c4c32)c1. The van der Waals surface area contributed by atoms with Crippen molar-refractivity contribution in [2.24, 2.45) is 0 Å². The highest BCUT2D eigenvalue weighted by molar-refractivity contribution is 6.24. The summed E-state index contributed by atoms with van der Waals surface area (Å²) in [4.78, 5) is 0. The molecule has 2 heteroatoms. The maximum atomic E-state index is 6.32. The molecule has 2 nitrogen and oxygen atoms in total. The molecule has 0 atom stereocenters. The number of hydrogen-bond donors (Lipinski definition) is 0. The van der Waals surface area contributed by atoms with Gasteiger partial charge in [0.15, 0.2) is 0 Å². The van der Waals surface area contributed by atoms with Gasteiger partial charge in [-0.2, -0.15) is 0 Å². The third-order valence-electron chi connectivity index (χ3n) is 9.12. The van der Waals surface area contributed by atoms with Gasteiger partial charge in [-0.05, 0) is 86.6 Å². The maximum absolute atomic E-state index is 6.32. The summed E-state index contributed by atoms with van der Waals surface area (Å²) in [6.45, 7) is 0. The second-order valence-corrected chi connectivity index (χ2v) is 11.3. The van der Waals surface area contributed by atoms with E-state index in [4.69, 9.17) is 4.42 Å². The van der Waals surface area contributed by atoms with Crippen LogP contribution in [0.5, 0.6) is 0 Å². The summed E-state index contributed by atoms with van der Waals surface area (Å²) in [6, 6.07) is 50.6. The highest BCUT2D eigenvalue weighted by Gasteiger charge is 2.22. The molecule has 2 aromatic heterocycles. The quantitative estimate of drug-likeness (QED) is 0.216. The van der Waals surface area contributed by atoms with Crippen molar-refractivity contribution in [3.8, 4) is 39.1 Å². The van der Waals surface area contributed by atoms with Crippen molar-refractivity contribution in [3.05, 3.63) is 140 Å². The van der Waals surface area contributed by atoms with Crippen molar-refractivity contribution < 1.29 is 4.42 Å². The number of hydrogen-bond acceptors (Lipinski definition) is 1. The van der Waals surface area contributed by atoms with Crippen LogP contribution in [0.4, 0.5) is 0 Å². The smallest absolute Gasteiger partial charge is 0.137 e. The summed E-state index contributed by atoms with van der Waals surface area (Å²) in [6.07, 6.45) is 0. The summed E-state index contributed by atoms with van der Waals surface area (Å²) < 4.78 is 8.74. The topological polar surface area (TPSA) is 18.1 Å². The molecular weight excluding hydrogens is 510 g/mol. The van der Waals surface area contributed by atoms with Crippen molar-refractivity contribution in [2.75, 3.05) is 0 Å². The van der Waals surface area contributed by atoms with Gasteiger partial charge in [0.25, 0.3) is 0 Å². The lowest BCUT2D eigenvalue weighted by molar-refractivity contribution is 0.669. The lowest BCUT2D eigenvalue weighted by Crippen LogP contribution is -1.95. The molecule has 0 saturated heterocycles. The van der Waals surface area contributed by atoms with Crippen LogP contribution >= 0.6 is 0 Å². The van der Waals surface area contributed by atoms with Gasteiger partial charge < -0.3 is 8.98 Å². The van der Waals surface area contributed by atoms with Crippen LogP contribution in [0.25, 0.3) is 93.6 Å². The Hall–Kier alpha value is -5.60. The number of rotatable bonds is 2. The first-order valence-electron chi connectivity index (χ1n) is 14.4. The van der Waals surface area contributed by atoms with Gasteiger partial charge in [0.2, 0.25) is 0 Å². The van der Waals surface area contributed by atoms with E-state index in [1.165, 1.54) is 66.0 Å². The Morgan fingerprint density at radius 1 is 0.429 bits per heavy atom. The first kappa shape index (κ1) is 22.1. The Kier molecular flexibility index (Phi) is 4.21. The predicted molar refractivity (Wildman–Crippen MR) is 175 cm³/mol. The molecule has 0 saturated carbocycles. The first-order chi connectivity index (χ1) is 20.8. The molecule has 2 heterocycles. The summed E-state index contributed by atoms with van der Waals surface area (Å²) in [5.41, 5.74) is 13.1. The van der Waals surface area contributed by atoms with Gasteiger partial charge in [-0.1, -0.05) is 97.1 Å². The van der Waals surface area contributed by atoms with Gasteiger partial charge in [0.1, 0.15) is 11.2 Å². The van der Waals surface area contributed by atoms with Crippen molar-refractivity contribution in [1.82, 2.24) is 4.57 Å². The number of para-hydroxylation sites is 2. The highest BCUT2D eigenvalue weighted by atomic mass is 16.3. The van der Waals surface area contributed by atoms with E-state index in [0.717, 1.165) is 27.6 Å². The minimum absolute atomic E-state index is 0.913. The van der Waals surface area contributed by atoms with E-state index < -0.39 is 0 Å². The highest BCUT2D eigenvalue weighted by Crippen LogP contribution is 2.48. The molecule has 1 aliphatic rings. The Bertz CT molecular complexity index is 2570. The molecule has 0 radical (unpaired) electrons. The van der Waals surface area contributed by atoms with Crippen LogP contribution in [0.3, 0.4) is 0 Å². The fourth-order valence-electron chi connectivity index (χ4n) is 7.33. The molecule has 0 bridgehead atoms. The Balaban J connectivity index is 1.23. The van der Waals surface area contributed by atoms with Crippen molar-refractivity contribution in [1.29, 1.82) is 0 Å². The van der Waals surface area contributed by atoms with Crippen molar-refractivity contribution >= 4 is 54.5 Å². The monoisotopic (exact) mass is 533 g/mol. The van der Waals surface area contributed by atoms with Crippen LogP contribution in [0.15, 0.2) is 144 Å². The van der Waals surface area contributed by atoms with Gasteiger partial charge in [0, 0.05) is 21.8 Å². The average Bonchev–Trinajstić information content (AvgIpc) is 3.70. The lowest BCUT2D eigenvalue weighted by atomic mass is 9.97. The van der Waals surface area contributed by atoms with Crippen LogP contribution in [0.2, 0.25) is 0 Å². The summed E-state index contributed by atoms with van der Waals surface area (Å²) >= 11 is 0. The molecule has 1 aliphatic carbocycles. The van der Waals surface area contributed by atoms with Gasteiger partial charge >= 0.3 is 0 Å². The minimum atomic E-state index is 0.913. The molecular formula is C40H23NO. The van der Waals surface area contributed by atoms with Crippen LogP contribution in [-0.4, -0.2) is 4.57 Å². The standard InChI is InChI=1S/C40H23NO/c1-3-16-35-29(12-1)32-20-21-37-39(33-13-2-4-17-36(33)42-37)40(32)41(35)27-11-5-10-25(22-27)26-18-19-28-30-14-6-8-24-9-7-15-31(38(24)30)34(28)23-26/h1-23H. The average molecular weight is 534 g/mol. The lowest BCUT2D eigenvalue weighted by Gasteiger charge is -2.12. The van der Waals surface area contributed by atoms with Gasteiger partial charge in [-0.15, -0.1) is 0 Å². The third kappa shape index (κ3) is 2.83. The molecule has 0 fully saturated rings. The van der Waals surface area contributed by atoms with Crippen LogP contribution in [0, 0.1) is 0 Å². The Morgan fingerprint density at radius 2 is 1.19 bits per heavy atom. The number of nitrogens with zero attached hydrogens (tertiary/aromatic N) is 1. The number of benzene rings is 7. The van der Waals surface area contributed by atoms with E-state index in [0.29, 0.717) is 0 Å². The summed E-state index contributed by atoms with van der Waals surface area (Å²) in [5.74, 6) is 0. The Labute approximate surface area is 241 Å². The molecule has 0 N–H and O–H groups in total. The zero-order valence-electron chi connectivity index (χ0n) is 22.6. The minimum Gasteiger partial charge on any atom is -0.456 e. The first-order valence-corrected chi connectivity index (χ1v) is 14.4. The van der Waals surface area contributed by atoms with E-state index in [1.54, 1.807) is 0 Å².